The minimum absolute atomic E-state index is 0.0402. The third-order valence-electron chi connectivity index (χ3n) is 11.2. The second-order valence-electron chi connectivity index (χ2n) is 14.9. The number of rotatable bonds is 8. The van der Waals surface area contributed by atoms with Crippen molar-refractivity contribution in [2.45, 2.75) is 101 Å². The highest BCUT2D eigenvalue weighted by molar-refractivity contribution is 7.91. The molecule has 0 bridgehead atoms. The van der Waals surface area contributed by atoms with E-state index >= 15 is 0 Å². The summed E-state index contributed by atoms with van der Waals surface area (Å²) < 4.78 is 53.4. The Bertz CT molecular complexity index is 1900. The SMILES string of the molecule is CC[C@@H]1C[C@H](C)CC/C=C\C2CC2(C(=O)NS(=O)(=O)C2(C)CC2)NC(=O)[C@@H]2C[C@@H](Oc3ncc(OC)c4ccc(F)cc34)CN2C(=O)[C@H]1NC(=O)O. The fourth-order valence-corrected chi connectivity index (χ4v) is 8.84. The van der Waals surface area contributed by atoms with E-state index in [1.54, 1.807) is 6.92 Å². The molecule has 1 aromatic carbocycles. The van der Waals surface area contributed by atoms with Crippen molar-refractivity contribution < 1.29 is 46.6 Å². The number of carbonyl (C=O) groups excluding carboxylic acids is 3. The number of aromatic nitrogens is 1. The van der Waals surface area contributed by atoms with Gasteiger partial charge in [-0.15, -0.1) is 0 Å². The summed E-state index contributed by atoms with van der Waals surface area (Å²) in [7, 11) is -2.57. The number of amides is 4. The summed E-state index contributed by atoms with van der Waals surface area (Å²) in [6, 6.07) is 1.61. The molecule has 2 aliphatic heterocycles. The fraction of sp³-hybridized carbons (Fsp3) is 0.583. The van der Waals surface area contributed by atoms with Gasteiger partial charge in [0.1, 0.15) is 35.3 Å². The van der Waals surface area contributed by atoms with Crippen LogP contribution < -0.4 is 24.8 Å². The topological polar surface area (TPSA) is 193 Å². The Hall–Kier alpha value is -4.47. The van der Waals surface area contributed by atoms with Crippen molar-refractivity contribution in [3.8, 4) is 11.6 Å². The van der Waals surface area contributed by atoms with E-state index in [0.29, 0.717) is 48.6 Å². The number of nitrogens with one attached hydrogen (secondary N) is 3. The van der Waals surface area contributed by atoms with E-state index in [4.69, 9.17) is 9.47 Å². The molecule has 2 aromatic rings. The summed E-state index contributed by atoms with van der Waals surface area (Å²) in [6.45, 7) is 5.31. The smallest absolute Gasteiger partial charge is 0.405 e. The Labute approximate surface area is 301 Å². The van der Waals surface area contributed by atoms with Crippen LogP contribution in [0.4, 0.5) is 9.18 Å². The molecule has 3 heterocycles. The molecule has 2 unspecified atom stereocenters. The van der Waals surface area contributed by atoms with Crippen LogP contribution in [-0.4, -0.2) is 89.4 Å². The van der Waals surface area contributed by atoms with Crippen molar-refractivity contribution in [1.82, 2.24) is 25.2 Å². The van der Waals surface area contributed by atoms with Crippen LogP contribution >= 0.6 is 0 Å². The number of halogens is 1. The molecule has 4 N–H and O–H groups in total. The lowest BCUT2D eigenvalue weighted by Crippen LogP contribution is -2.59. The molecule has 2 saturated carbocycles. The minimum Gasteiger partial charge on any atom is -0.494 e. The number of allylic oxidation sites excluding steroid dienone is 1. The van der Waals surface area contributed by atoms with Crippen molar-refractivity contribution in [3.63, 3.8) is 0 Å². The van der Waals surface area contributed by atoms with Crippen LogP contribution in [0.3, 0.4) is 0 Å². The van der Waals surface area contributed by atoms with E-state index in [0.717, 1.165) is 6.42 Å². The maximum Gasteiger partial charge on any atom is 0.405 e. The van der Waals surface area contributed by atoms with Crippen LogP contribution in [0.5, 0.6) is 11.6 Å². The molecule has 52 heavy (non-hydrogen) atoms. The lowest BCUT2D eigenvalue weighted by Gasteiger charge is -2.33. The molecule has 7 atom stereocenters. The first-order valence-electron chi connectivity index (χ1n) is 17.8. The van der Waals surface area contributed by atoms with E-state index in [-0.39, 0.29) is 31.2 Å². The lowest BCUT2D eigenvalue weighted by molar-refractivity contribution is -0.142. The average Bonchev–Trinajstić information content (AvgIpc) is 3.97. The Morgan fingerprint density at radius 1 is 1.19 bits per heavy atom. The van der Waals surface area contributed by atoms with Gasteiger partial charge in [0.05, 0.1) is 30.0 Å². The number of hydrogen-bond donors (Lipinski definition) is 4. The average molecular weight is 744 g/mol. The number of pyridine rings is 1. The van der Waals surface area contributed by atoms with E-state index in [1.165, 1.54) is 36.4 Å². The molecule has 0 radical (unpaired) electrons. The highest BCUT2D eigenvalue weighted by Gasteiger charge is 2.63. The zero-order valence-electron chi connectivity index (χ0n) is 29.7. The number of ether oxygens (including phenoxy) is 2. The van der Waals surface area contributed by atoms with E-state index in [9.17, 15) is 37.1 Å². The van der Waals surface area contributed by atoms with Crippen molar-refractivity contribution in [2.75, 3.05) is 13.7 Å². The number of carbonyl (C=O) groups is 4. The summed E-state index contributed by atoms with van der Waals surface area (Å²) >= 11 is 0. The molecule has 6 rings (SSSR count). The number of fused-ring (bicyclic) bond motifs is 3. The summed E-state index contributed by atoms with van der Waals surface area (Å²) in [5, 5.41) is 15.9. The van der Waals surface area contributed by atoms with Gasteiger partial charge in [0, 0.05) is 17.7 Å². The highest BCUT2D eigenvalue weighted by atomic mass is 32.2. The summed E-state index contributed by atoms with van der Waals surface area (Å²) in [6.07, 6.45) is 6.16. The van der Waals surface area contributed by atoms with Gasteiger partial charge in [-0.2, -0.15) is 0 Å². The Kier molecular flexibility index (Phi) is 10.2. The predicted molar refractivity (Wildman–Crippen MR) is 187 cm³/mol. The molecule has 3 fully saturated rings. The maximum atomic E-state index is 14.5. The van der Waals surface area contributed by atoms with Gasteiger partial charge in [-0.25, -0.2) is 22.6 Å². The number of carboxylic acid groups (broad SMARTS) is 1. The van der Waals surface area contributed by atoms with Gasteiger partial charge >= 0.3 is 6.09 Å². The second-order valence-corrected chi connectivity index (χ2v) is 17.1. The zero-order chi connectivity index (χ0) is 37.6. The molecule has 1 aromatic heterocycles. The van der Waals surface area contributed by atoms with Crippen LogP contribution in [0.1, 0.15) is 72.1 Å². The summed E-state index contributed by atoms with van der Waals surface area (Å²) in [4.78, 5) is 60.3. The van der Waals surface area contributed by atoms with Gasteiger partial charge in [0.25, 0.3) is 5.91 Å². The molecule has 16 heteroatoms. The van der Waals surface area contributed by atoms with Crippen LogP contribution in [-0.2, 0) is 24.4 Å². The molecule has 282 valence electrons. The molecule has 4 amide bonds. The Balaban J connectivity index is 1.36. The second kappa shape index (κ2) is 14.2. The van der Waals surface area contributed by atoms with Gasteiger partial charge in [-0.05, 0) is 75.5 Å². The van der Waals surface area contributed by atoms with Gasteiger partial charge in [-0.3, -0.25) is 19.1 Å². The third-order valence-corrected chi connectivity index (χ3v) is 13.3. The predicted octanol–water partition coefficient (Wildman–Crippen LogP) is 3.64. The Morgan fingerprint density at radius 2 is 1.94 bits per heavy atom. The molecule has 0 spiro atoms. The Morgan fingerprint density at radius 3 is 2.62 bits per heavy atom. The first-order valence-corrected chi connectivity index (χ1v) is 19.2. The number of sulfonamides is 1. The molecular formula is C36H46FN5O9S. The molecule has 14 nitrogen and oxygen atoms in total. The first-order chi connectivity index (χ1) is 24.6. The number of hydrogen-bond acceptors (Lipinski definition) is 9. The quantitative estimate of drug-likeness (QED) is 0.290. The lowest BCUT2D eigenvalue weighted by atomic mass is 9.85. The van der Waals surface area contributed by atoms with E-state index in [2.05, 4.69) is 20.3 Å². The van der Waals surface area contributed by atoms with Crippen LogP contribution in [0.15, 0.2) is 36.5 Å². The van der Waals surface area contributed by atoms with Gasteiger partial charge < -0.3 is 30.1 Å². The van der Waals surface area contributed by atoms with E-state index in [1.807, 2.05) is 26.0 Å². The number of methoxy groups -OCH3 is 1. The number of nitrogens with zero attached hydrogens (tertiary/aromatic N) is 2. The first kappa shape index (κ1) is 37.3. The molecule has 1 saturated heterocycles. The largest absolute Gasteiger partial charge is 0.494 e. The van der Waals surface area contributed by atoms with Gasteiger partial charge in [0.15, 0.2) is 0 Å². The molecule has 2 aliphatic carbocycles. The third kappa shape index (κ3) is 7.26. The zero-order valence-corrected chi connectivity index (χ0v) is 30.5. The van der Waals surface area contributed by atoms with Crippen molar-refractivity contribution in [2.24, 2.45) is 17.8 Å². The fourth-order valence-electron chi connectivity index (χ4n) is 7.53. The molecular weight excluding hydrogens is 697 g/mol. The van der Waals surface area contributed by atoms with Gasteiger partial charge in [-0.1, -0.05) is 32.4 Å². The summed E-state index contributed by atoms with van der Waals surface area (Å²) in [5.74, 6) is -3.11. The highest BCUT2D eigenvalue weighted by Crippen LogP contribution is 2.47. The van der Waals surface area contributed by atoms with E-state index < -0.39 is 80.0 Å². The minimum atomic E-state index is -4.03. The van der Waals surface area contributed by atoms with Crippen molar-refractivity contribution >= 4 is 44.6 Å². The van der Waals surface area contributed by atoms with Gasteiger partial charge in [0.2, 0.25) is 27.7 Å². The monoisotopic (exact) mass is 743 g/mol. The van der Waals surface area contributed by atoms with Crippen molar-refractivity contribution in [1.29, 1.82) is 0 Å². The van der Waals surface area contributed by atoms with Crippen LogP contribution in [0.25, 0.3) is 10.8 Å². The summed E-state index contributed by atoms with van der Waals surface area (Å²) in [5.41, 5.74) is -1.58. The standard InChI is InChI=1S/C36H46FN5O9S/c1-5-21-14-20(2)8-6-7-9-22-17-36(22,33(45)41-52(48,49)35(3)12-13-35)40-30(43)27-16-24(19-42(27)32(44)29(21)39-34(46)47)51-31-26-15-23(37)10-11-25(26)28(50-4)18-38-31/h7,9-11,15,18,20-22,24,27,29,39H,5-6,8,12-14,16-17,19H2,1-4H3,(H,40,43)(H,41,45)(H,46,47)/b9-7-/t20-,21-,22?,24-,27+,29+,36?/m1/s1. The maximum absolute atomic E-state index is 14.5. The molecule has 4 aliphatic rings. The van der Waals surface area contributed by atoms with Crippen molar-refractivity contribution in [3.05, 3.63) is 42.4 Å². The van der Waals surface area contributed by atoms with Crippen LogP contribution in [0, 0.1) is 23.6 Å². The van der Waals surface area contributed by atoms with Crippen LogP contribution in [0.2, 0.25) is 0 Å². The normalized spacial score (nSPS) is 30.8. The number of benzene rings is 1.